The average molecular weight is 447 g/mol. The van der Waals surface area contributed by atoms with Gasteiger partial charge in [0.25, 0.3) is 0 Å². The molecule has 2 unspecified atom stereocenters. The molecule has 0 N–H and O–H groups in total. The van der Waals surface area contributed by atoms with Crippen molar-refractivity contribution in [2.45, 2.75) is 167 Å². The topological polar surface area (TPSA) is 9.23 Å². The number of hydrogen-bond donors (Lipinski definition) is 0. The summed E-state index contributed by atoms with van der Waals surface area (Å²) in [6.45, 7) is 9.13. The van der Waals surface area contributed by atoms with Gasteiger partial charge in [0.1, 0.15) is 11.3 Å². The largest absolute Gasteiger partial charge is 0.381 e. The van der Waals surface area contributed by atoms with Crippen LogP contribution in [0.5, 0.6) is 0 Å². The molecular weight excluding hydrogens is 390 g/mol. The molecule has 0 rings (SSSR count). The molecule has 0 aromatic rings. The van der Waals surface area contributed by atoms with Gasteiger partial charge in [0, 0.05) is 13.2 Å². The minimum atomic E-state index is -1.07. The highest BCUT2D eigenvalue weighted by molar-refractivity contribution is 4.74. The van der Waals surface area contributed by atoms with Crippen LogP contribution in [0.4, 0.5) is 8.78 Å². The Kier molecular flexibility index (Phi) is 20.3. The summed E-state index contributed by atoms with van der Waals surface area (Å²) in [6, 6.07) is 0. The quantitative estimate of drug-likeness (QED) is 0.134. The van der Waals surface area contributed by atoms with Gasteiger partial charge in [-0.1, -0.05) is 104 Å². The molecule has 0 aliphatic carbocycles. The smallest absolute Gasteiger partial charge is 0.108 e. The maximum Gasteiger partial charge on any atom is 0.108 e. The Labute approximate surface area is 194 Å². The first-order valence-corrected chi connectivity index (χ1v) is 13.8. The maximum atomic E-state index is 14.6. The molecule has 0 saturated heterocycles. The lowest BCUT2D eigenvalue weighted by Gasteiger charge is -2.21. The lowest BCUT2D eigenvalue weighted by Crippen LogP contribution is -2.19. The van der Waals surface area contributed by atoms with E-state index in [0.717, 1.165) is 38.5 Å². The zero-order valence-corrected chi connectivity index (χ0v) is 21.7. The molecular formula is C28H56F2O. The predicted molar refractivity (Wildman–Crippen MR) is 134 cm³/mol. The summed E-state index contributed by atoms with van der Waals surface area (Å²) < 4.78 is 34.8. The van der Waals surface area contributed by atoms with Crippen LogP contribution < -0.4 is 0 Å². The number of unbranched alkanes of at least 4 members (excludes halogenated alkanes) is 12. The molecule has 0 aliphatic heterocycles. The van der Waals surface area contributed by atoms with E-state index < -0.39 is 11.3 Å². The minimum absolute atomic E-state index is 0.571. The number of alkyl halides is 2. The molecule has 2 atom stereocenters. The van der Waals surface area contributed by atoms with Gasteiger partial charge in [-0.15, -0.1) is 0 Å². The van der Waals surface area contributed by atoms with E-state index in [0.29, 0.717) is 38.9 Å². The highest BCUT2D eigenvalue weighted by Gasteiger charge is 2.23. The highest BCUT2D eigenvalue weighted by atomic mass is 19.1. The van der Waals surface area contributed by atoms with Crippen molar-refractivity contribution in [1.82, 2.24) is 0 Å². The molecule has 188 valence electrons. The van der Waals surface area contributed by atoms with E-state index in [1.54, 1.807) is 13.8 Å². The SMILES string of the molecule is CCCCCCCCCC(C)(F)CCCOCCCC(C)(F)CCCCCCCCC. The Hall–Kier alpha value is -0.180. The fourth-order valence-electron chi connectivity index (χ4n) is 4.34. The van der Waals surface area contributed by atoms with Crippen molar-refractivity contribution < 1.29 is 13.5 Å². The molecule has 0 spiro atoms. The first-order chi connectivity index (χ1) is 14.8. The number of ether oxygens (including phenoxy) is 1. The van der Waals surface area contributed by atoms with Crippen LogP contribution in [0.2, 0.25) is 0 Å². The highest BCUT2D eigenvalue weighted by Crippen LogP contribution is 2.27. The van der Waals surface area contributed by atoms with Gasteiger partial charge < -0.3 is 4.74 Å². The molecule has 0 radical (unpaired) electrons. The zero-order valence-electron chi connectivity index (χ0n) is 21.7. The van der Waals surface area contributed by atoms with E-state index in [4.69, 9.17) is 4.74 Å². The van der Waals surface area contributed by atoms with Crippen LogP contribution in [0.15, 0.2) is 0 Å². The monoisotopic (exact) mass is 446 g/mol. The second kappa shape index (κ2) is 20.4. The van der Waals surface area contributed by atoms with Crippen LogP contribution in [0.1, 0.15) is 156 Å². The Morgan fingerprint density at radius 2 is 0.742 bits per heavy atom. The predicted octanol–water partition coefficient (Wildman–Crippen LogP) is 10.3. The molecule has 0 bridgehead atoms. The van der Waals surface area contributed by atoms with Crippen molar-refractivity contribution in [3.05, 3.63) is 0 Å². The van der Waals surface area contributed by atoms with E-state index in [1.807, 2.05) is 0 Å². The zero-order chi connectivity index (χ0) is 23.3. The van der Waals surface area contributed by atoms with Gasteiger partial charge in [-0.2, -0.15) is 0 Å². The first-order valence-electron chi connectivity index (χ1n) is 13.8. The van der Waals surface area contributed by atoms with Crippen LogP contribution in [0.25, 0.3) is 0 Å². The molecule has 0 amide bonds. The van der Waals surface area contributed by atoms with Crippen LogP contribution in [-0.4, -0.2) is 24.6 Å². The maximum absolute atomic E-state index is 14.6. The number of hydrogen-bond acceptors (Lipinski definition) is 1. The lowest BCUT2D eigenvalue weighted by atomic mass is 9.94. The van der Waals surface area contributed by atoms with Crippen molar-refractivity contribution in [1.29, 1.82) is 0 Å². The number of halogens is 2. The third kappa shape index (κ3) is 22.8. The van der Waals surface area contributed by atoms with Gasteiger partial charge in [-0.3, -0.25) is 0 Å². The molecule has 3 heteroatoms. The molecule has 0 heterocycles. The van der Waals surface area contributed by atoms with Gasteiger partial charge >= 0.3 is 0 Å². The van der Waals surface area contributed by atoms with Crippen molar-refractivity contribution >= 4 is 0 Å². The molecule has 0 fully saturated rings. The Balaban J connectivity index is 3.54. The van der Waals surface area contributed by atoms with Gasteiger partial charge in [0.15, 0.2) is 0 Å². The average Bonchev–Trinajstić information content (AvgIpc) is 2.71. The van der Waals surface area contributed by atoms with Crippen molar-refractivity contribution in [2.75, 3.05) is 13.2 Å². The van der Waals surface area contributed by atoms with E-state index in [-0.39, 0.29) is 0 Å². The first kappa shape index (κ1) is 30.8. The summed E-state index contributed by atoms with van der Waals surface area (Å²) >= 11 is 0. The molecule has 0 aromatic carbocycles. The van der Waals surface area contributed by atoms with E-state index in [2.05, 4.69) is 13.8 Å². The summed E-state index contributed by atoms with van der Waals surface area (Å²) in [5, 5.41) is 0. The Bertz CT molecular complexity index is 334. The standard InChI is InChI=1S/C28H56F2O/c1-5-7-9-11-13-15-17-21-27(3,29)23-19-25-31-26-20-24-28(4,30)22-18-16-14-12-10-8-6-2/h5-26H2,1-4H3. The van der Waals surface area contributed by atoms with E-state index >= 15 is 0 Å². The van der Waals surface area contributed by atoms with E-state index in [9.17, 15) is 8.78 Å². The molecule has 0 saturated carbocycles. The summed E-state index contributed by atoms with van der Waals surface area (Å²) in [4.78, 5) is 0. The van der Waals surface area contributed by atoms with Gasteiger partial charge in [-0.05, 0) is 52.4 Å². The third-order valence-corrected chi connectivity index (χ3v) is 6.58. The summed E-state index contributed by atoms with van der Waals surface area (Å²) in [5.41, 5.74) is -2.14. The van der Waals surface area contributed by atoms with Crippen molar-refractivity contribution in [3.63, 3.8) is 0 Å². The fraction of sp³-hybridized carbons (Fsp3) is 1.00. The van der Waals surface area contributed by atoms with Crippen molar-refractivity contribution in [2.24, 2.45) is 0 Å². The Morgan fingerprint density at radius 3 is 1.10 bits per heavy atom. The summed E-state index contributed by atoms with van der Waals surface area (Å²) in [7, 11) is 0. The Morgan fingerprint density at radius 1 is 0.452 bits per heavy atom. The van der Waals surface area contributed by atoms with Gasteiger partial charge in [-0.25, -0.2) is 8.78 Å². The summed E-state index contributed by atoms with van der Waals surface area (Å²) in [6.07, 6.45) is 21.2. The third-order valence-electron chi connectivity index (χ3n) is 6.58. The van der Waals surface area contributed by atoms with Crippen LogP contribution in [0.3, 0.4) is 0 Å². The van der Waals surface area contributed by atoms with Gasteiger partial charge in [0.05, 0.1) is 0 Å². The van der Waals surface area contributed by atoms with Crippen LogP contribution in [-0.2, 0) is 4.74 Å². The van der Waals surface area contributed by atoms with Crippen molar-refractivity contribution in [3.8, 4) is 0 Å². The molecule has 1 nitrogen and oxygen atoms in total. The number of rotatable bonds is 24. The minimum Gasteiger partial charge on any atom is -0.381 e. The van der Waals surface area contributed by atoms with Crippen LogP contribution in [0, 0.1) is 0 Å². The summed E-state index contributed by atoms with van der Waals surface area (Å²) in [5.74, 6) is 0. The molecule has 0 aliphatic rings. The molecule has 31 heavy (non-hydrogen) atoms. The lowest BCUT2D eigenvalue weighted by molar-refractivity contribution is 0.0828. The van der Waals surface area contributed by atoms with E-state index in [1.165, 1.54) is 64.2 Å². The normalized spacial score (nSPS) is 15.7. The second-order valence-corrected chi connectivity index (χ2v) is 10.4. The van der Waals surface area contributed by atoms with Crippen LogP contribution >= 0.6 is 0 Å². The second-order valence-electron chi connectivity index (χ2n) is 10.4. The fourth-order valence-corrected chi connectivity index (χ4v) is 4.34. The van der Waals surface area contributed by atoms with Gasteiger partial charge in [0.2, 0.25) is 0 Å². The molecule has 0 aromatic heterocycles.